The van der Waals surface area contributed by atoms with Crippen molar-refractivity contribution in [1.29, 1.82) is 0 Å². The van der Waals surface area contributed by atoms with Gasteiger partial charge in [0.15, 0.2) is 0 Å². The van der Waals surface area contributed by atoms with Gasteiger partial charge in [-0.15, -0.1) is 0 Å². The Morgan fingerprint density at radius 2 is 2.07 bits per heavy atom. The molecule has 0 aliphatic rings. The fourth-order valence-electron chi connectivity index (χ4n) is 1.46. The van der Waals surface area contributed by atoms with Crippen LogP contribution in [0.15, 0.2) is 12.1 Å². The Balaban J connectivity index is 3.25. The number of nitrogens with two attached hydrogens (primary N) is 1. The number of benzene rings is 1. The van der Waals surface area contributed by atoms with Gasteiger partial charge in [0.25, 0.3) is 0 Å². The third-order valence-electron chi connectivity index (χ3n) is 2.64. The summed E-state index contributed by atoms with van der Waals surface area (Å²) < 4.78 is 0. The van der Waals surface area contributed by atoms with Gasteiger partial charge in [0.1, 0.15) is 5.75 Å². The first-order chi connectivity index (χ1) is 6.99. The lowest BCUT2D eigenvalue weighted by molar-refractivity contribution is -0.138. The molecule has 4 nitrogen and oxygen atoms in total. The van der Waals surface area contributed by atoms with E-state index in [-0.39, 0.29) is 12.3 Å². The van der Waals surface area contributed by atoms with E-state index in [0.717, 1.165) is 5.56 Å². The number of hydrogen-bond donors (Lipinski definition) is 3. The molecule has 4 heteroatoms. The molecule has 0 fully saturated rings. The minimum Gasteiger partial charge on any atom is -0.507 e. The Morgan fingerprint density at radius 1 is 1.47 bits per heavy atom. The van der Waals surface area contributed by atoms with Gasteiger partial charge in [-0.1, -0.05) is 12.1 Å². The average molecular weight is 209 g/mol. The van der Waals surface area contributed by atoms with Crippen LogP contribution in [0.1, 0.15) is 22.6 Å². The van der Waals surface area contributed by atoms with E-state index in [1.54, 1.807) is 19.1 Å². The first-order valence-electron chi connectivity index (χ1n) is 4.71. The number of hydrogen-bond acceptors (Lipinski definition) is 3. The zero-order valence-electron chi connectivity index (χ0n) is 8.82. The van der Waals surface area contributed by atoms with E-state index in [1.165, 1.54) is 0 Å². The number of carboxylic acids is 1. The van der Waals surface area contributed by atoms with Crippen molar-refractivity contribution in [1.82, 2.24) is 0 Å². The van der Waals surface area contributed by atoms with Crippen molar-refractivity contribution in [3.8, 4) is 5.75 Å². The molecule has 0 aliphatic heterocycles. The van der Waals surface area contributed by atoms with Crippen molar-refractivity contribution in [3.05, 3.63) is 28.8 Å². The molecule has 1 rings (SSSR count). The van der Waals surface area contributed by atoms with Crippen LogP contribution >= 0.6 is 0 Å². The van der Waals surface area contributed by atoms with Gasteiger partial charge < -0.3 is 15.9 Å². The number of rotatable bonds is 3. The number of aliphatic carboxylic acids is 1. The predicted molar refractivity (Wildman–Crippen MR) is 57.0 cm³/mol. The standard InChI is InChI=1S/C11H15NO3/c1-6-3-4-8(10(13)7(6)2)9(5-12)11(14)15/h3-4,9,13H,5,12H2,1-2H3,(H,14,15). The summed E-state index contributed by atoms with van der Waals surface area (Å²) in [6, 6.07) is 3.40. The van der Waals surface area contributed by atoms with Gasteiger partial charge in [-0.3, -0.25) is 4.79 Å². The van der Waals surface area contributed by atoms with Crippen molar-refractivity contribution in [2.75, 3.05) is 6.54 Å². The average Bonchev–Trinajstić information content (AvgIpc) is 2.18. The Bertz CT molecular complexity index is 388. The maximum Gasteiger partial charge on any atom is 0.312 e. The smallest absolute Gasteiger partial charge is 0.312 e. The zero-order chi connectivity index (χ0) is 11.6. The van der Waals surface area contributed by atoms with Gasteiger partial charge in [0.2, 0.25) is 0 Å². The van der Waals surface area contributed by atoms with Crippen molar-refractivity contribution < 1.29 is 15.0 Å². The Hall–Kier alpha value is -1.55. The van der Waals surface area contributed by atoms with Crippen molar-refractivity contribution in [2.24, 2.45) is 5.73 Å². The zero-order valence-corrected chi connectivity index (χ0v) is 8.82. The second kappa shape index (κ2) is 4.31. The molecule has 1 atom stereocenters. The Labute approximate surface area is 88.3 Å². The van der Waals surface area contributed by atoms with E-state index in [4.69, 9.17) is 10.8 Å². The normalized spacial score (nSPS) is 12.5. The summed E-state index contributed by atoms with van der Waals surface area (Å²) in [5.74, 6) is -1.83. The molecule has 15 heavy (non-hydrogen) atoms. The second-order valence-corrected chi connectivity index (χ2v) is 3.57. The van der Waals surface area contributed by atoms with E-state index in [2.05, 4.69) is 0 Å². The quantitative estimate of drug-likeness (QED) is 0.697. The number of aryl methyl sites for hydroxylation is 1. The summed E-state index contributed by atoms with van der Waals surface area (Å²) in [5.41, 5.74) is 7.38. The fraction of sp³-hybridized carbons (Fsp3) is 0.364. The van der Waals surface area contributed by atoms with Crippen LogP contribution in [0.5, 0.6) is 5.75 Å². The highest BCUT2D eigenvalue weighted by Gasteiger charge is 2.22. The van der Waals surface area contributed by atoms with Gasteiger partial charge >= 0.3 is 5.97 Å². The van der Waals surface area contributed by atoms with Gasteiger partial charge in [0.05, 0.1) is 5.92 Å². The number of phenols is 1. The fourth-order valence-corrected chi connectivity index (χ4v) is 1.46. The molecule has 1 aromatic carbocycles. The summed E-state index contributed by atoms with van der Waals surface area (Å²) in [7, 11) is 0. The largest absolute Gasteiger partial charge is 0.507 e. The third-order valence-corrected chi connectivity index (χ3v) is 2.64. The van der Waals surface area contributed by atoms with E-state index >= 15 is 0 Å². The van der Waals surface area contributed by atoms with Crippen LogP contribution in [0.2, 0.25) is 0 Å². The minimum atomic E-state index is -1.02. The highest BCUT2D eigenvalue weighted by Crippen LogP contribution is 2.30. The van der Waals surface area contributed by atoms with E-state index in [9.17, 15) is 9.90 Å². The van der Waals surface area contributed by atoms with Crippen molar-refractivity contribution >= 4 is 5.97 Å². The lowest BCUT2D eigenvalue weighted by Crippen LogP contribution is -2.21. The first kappa shape index (κ1) is 11.5. The van der Waals surface area contributed by atoms with E-state index < -0.39 is 11.9 Å². The molecule has 0 amide bonds. The lowest BCUT2D eigenvalue weighted by Gasteiger charge is -2.14. The maximum absolute atomic E-state index is 10.9. The summed E-state index contributed by atoms with van der Waals surface area (Å²) >= 11 is 0. The number of phenolic OH excluding ortho intramolecular Hbond substituents is 1. The third kappa shape index (κ3) is 2.10. The summed E-state index contributed by atoms with van der Waals surface area (Å²) in [4.78, 5) is 10.9. The van der Waals surface area contributed by atoms with Gasteiger partial charge in [-0.05, 0) is 25.0 Å². The maximum atomic E-state index is 10.9. The highest BCUT2D eigenvalue weighted by molar-refractivity contribution is 5.77. The van der Waals surface area contributed by atoms with Crippen molar-refractivity contribution in [2.45, 2.75) is 19.8 Å². The second-order valence-electron chi connectivity index (χ2n) is 3.57. The van der Waals surface area contributed by atoms with Crippen LogP contribution in [0.25, 0.3) is 0 Å². The molecule has 0 bridgehead atoms. The molecule has 1 unspecified atom stereocenters. The van der Waals surface area contributed by atoms with Crippen LogP contribution in [-0.4, -0.2) is 22.7 Å². The summed E-state index contributed by atoms with van der Waals surface area (Å²) in [6.45, 7) is 3.59. The number of carboxylic acid groups (broad SMARTS) is 1. The molecular weight excluding hydrogens is 194 g/mol. The Morgan fingerprint density at radius 3 is 2.53 bits per heavy atom. The number of carbonyl (C=O) groups is 1. The molecule has 0 aliphatic carbocycles. The highest BCUT2D eigenvalue weighted by atomic mass is 16.4. The van der Waals surface area contributed by atoms with Crippen molar-refractivity contribution in [3.63, 3.8) is 0 Å². The van der Waals surface area contributed by atoms with Gasteiger partial charge in [-0.2, -0.15) is 0 Å². The lowest BCUT2D eigenvalue weighted by atomic mass is 9.94. The molecule has 0 spiro atoms. The van der Waals surface area contributed by atoms with Crippen LogP contribution in [-0.2, 0) is 4.79 Å². The molecule has 1 aromatic rings. The predicted octanol–water partition coefficient (Wildman–Crippen LogP) is 1.14. The summed E-state index contributed by atoms with van der Waals surface area (Å²) in [5, 5.41) is 18.7. The molecule has 0 aromatic heterocycles. The summed E-state index contributed by atoms with van der Waals surface area (Å²) in [6.07, 6.45) is 0. The van der Waals surface area contributed by atoms with E-state index in [1.807, 2.05) is 6.92 Å². The number of aromatic hydroxyl groups is 1. The molecule has 4 N–H and O–H groups in total. The Kier molecular flexibility index (Phi) is 3.31. The first-order valence-corrected chi connectivity index (χ1v) is 4.71. The SMILES string of the molecule is Cc1ccc(C(CN)C(=O)O)c(O)c1C. The van der Waals surface area contributed by atoms with Crippen LogP contribution in [0, 0.1) is 13.8 Å². The van der Waals surface area contributed by atoms with Crippen LogP contribution in [0.3, 0.4) is 0 Å². The molecule has 0 saturated carbocycles. The molecule has 0 radical (unpaired) electrons. The monoisotopic (exact) mass is 209 g/mol. The molecule has 0 saturated heterocycles. The topological polar surface area (TPSA) is 83.6 Å². The van der Waals surface area contributed by atoms with Crippen LogP contribution < -0.4 is 5.73 Å². The molecule has 0 heterocycles. The van der Waals surface area contributed by atoms with Gasteiger partial charge in [0, 0.05) is 12.1 Å². The van der Waals surface area contributed by atoms with Gasteiger partial charge in [-0.25, -0.2) is 0 Å². The van der Waals surface area contributed by atoms with Crippen LogP contribution in [0.4, 0.5) is 0 Å². The molecule has 82 valence electrons. The van der Waals surface area contributed by atoms with E-state index in [0.29, 0.717) is 11.1 Å². The minimum absolute atomic E-state index is 0.0224. The molecular formula is C11H15NO3.